The van der Waals surface area contributed by atoms with Gasteiger partial charge in [-0.1, -0.05) is 23.8 Å². The largest absolute Gasteiger partial charge is 0.381 e. The number of halogens is 1. The van der Waals surface area contributed by atoms with Crippen molar-refractivity contribution in [3.8, 4) is 0 Å². The molecule has 1 heterocycles. The highest BCUT2D eigenvalue weighted by Gasteiger charge is 2.02. The van der Waals surface area contributed by atoms with Gasteiger partial charge in [-0.3, -0.25) is 4.98 Å². The average Bonchev–Trinajstić information content (AvgIpc) is 2.48. The lowest BCUT2D eigenvalue weighted by Crippen LogP contribution is -2.02. The Morgan fingerprint density at radius 3 is 2.90 bits per heavy atom. The molecule has 1 N–H and O–H groups in total. The Hall–Kier alpha value is -2.42. The third kappa shape index (κ3) is 2.62. The van der Waals surface area contributed by atoms with Crippen LogP contribution in [0.2, 0.25) is 0 Å². The summed E-state index contributed by atoms with van der Waals surface area (Å²) in [5.74, 6) is -0.175. The quantitative estimate of drug-likeness (QED) is 0.764. The minimum absolute atomic E-state index is 0.175. The Kier molecular flexibility index (Phi) is 3.33. The Morgan fingerprint density at radius 1 is 1.10 bits per heavy atom. The smallest absolute Gasteiger partial charge is 0.128 e. The van der Waals surface area contributed by atoms with Crippen molar-refractivity contribution in [2.45, 2.75) is 13.5 Å². The van der Waals surface area contributed by atoms with E-state index in [-0.39, 0.29) is 5.82 Å². The van der Waals surface area contributed by atoms with Crippen LogP contribution in [0.5, 0.6) is 0 Å². The highest BCUT2D eigenvalue weighted by Crippen LogP contribution is 2.18. The normalized spacial score (nSPS) is 10.7. The van der Waals surface area contributed by atoms with Crippen molar-refractivity contribution in [2.24, 2.45) is 0 Å². The number of benzene rings is 2. The van der Waals surface area contributed by atoms with Gasteiger partial charge >= 0.3 is 0 Å². The number of pyridine rings is 1. The van der Waals surface area contributed by atoms with E-state index in [2.05, 4.69) is 10.3 Å². The molecule has 0 saturated heterocycles. The molecule has 0 bridgehead atoms. The number of fused-ring (bicyclic) bond motifs is 1. The van der Waals surface area contributed by atoms with Gasteiger partial charge in [0.05, 0.1) is 5.52 Å². The molecule has 2 aromatic carbocycles. The fraction of sp³-hybridized carbons (Fsp3) is 0.118. The summed E-state index contributed by atoms with van der Waals surface area (Å²) in [6.45, 7) is 2.43. The summed E-state index contributed by atoms with van der Waals surface area (Å²) in [7, 11) is 0. The lowest BCUT2D eigenvalue weighted by Gasteiger charge is -2.09. The van der Waals surface area contributed by atoms with E-state index in [9.17, 15) is 4.39 Å². The van der Waals surface area contributed by atoms with E-state index in [1.165, 1.54) is 6.07 Å². The van der Waals surface area contributed by atoms with Crippen LogP contribution in [0.4, 0.5) is 10.1 Å². The maximum atomic E-state index is 13.7. The van der Waals surface area contributed by atoms with Gasteiger partial charge < -0.3 is 5.32 Å². The van der Waals surface area contributed by atoms with Gasteiger partial charge in [0.25, 0.3) is 0 Å². The van der Waals surface area contributed by atoms with Gasteiger partial charge in [-0.25, -0.2) is 4.39 Å². The second-order valence-electron chi connectivity index (χ2n) is 4.86. The van der Waals surface area contributed by atoms with Gasteiger partial charge in [0.1, 0.15) is 5.82 Å². The van der Waals surface area contributed by atoms with E-state index in [0.717, 1.165) is 22.2 Å². The standard InChI is InChI=1S/C17H15FN2/c1-12-4-6-16(18)14(9-12)11-20-15-5-7-17-13(10-15)3-2-8-19-17/h2-10,20H,11H2,1H3. The SMILES string of the molecule is Cc1ccc(F)c(CNc2ccc3ncccc3c2)c1. The number of anilines is 1. The average molecular weight is 266 g/mol. The van der Waals surface area contributed by atoms with Gasteiger partial charge in [-0.2, -0.15) is 0 Å². The molecule has 0 amide bonds. The number of nitrogens with zero attached hydrogens (tertiary/aromatic N) is 1. The third-order valence-corrected chi connectivity index (χ3v) is 3.29. The molecule has 1 aromatic heterocycles. The van der Waals surface area contributed by atoms with E-state index in [4.69, 9.17) is 0 Å². The molecule has 3 aromatic rings. The van der Waals surface area contributed by atoms with Gasteiger partial charge in [-0.05, 0) is 37.3 Å². The second kappa shape index (κ2) is 5.29. The van der Waals surface area contributed by atoms with E-state index < -0.39 is 0 Å². The van der Waals surface area contributed by atoms with Crippen molar-refractivity contribution in [1.82, 2.24) is 4.98 Å². The fourth-order valence-electron chi connectivity index (χ4n) is 2.22. The summed E-state index contributed by atoms with van der Waals surface area (Å²) in [5, 5.41) is 4.32. The monoisotopic (exact) mass is 266 g/mol. The lowest BCUT2D eigenvalue weighted by atomic mass is 10.1. The Bertz CT molecular complexity index is 753. The van der Waals surface area contributed by atoms with Crippen LogP contribution in [0, 0.1) is 12.7 Å². The summed E-state index contributed by atoms with van der Waals surface area (Å²) in [5.41, 5.74) is 3.66. The Morgan fingerprint density at radius 2 is 2.00 bits per heavy atom. The van der Waals surface area contributed by atoms with Gasteiger partial charge in [0.2, 0.25) is 0 Å². The van der Waals surface area contributed by atoms with Crippen molar-refractivity contribution in [3.63, 3.8) is 0 Å². The predicted octanol–water partition coefficient (Wildman–Crippen LogP) is 4.29. The topological polar surface area (TPSA) is 24.9 Å². The second-order valence-corrected chi connectivity index (χ2v) is 4.86. The van der Waals surface area contributed by atoms with Crippen molar-refractivity contribution >= 4 is 16.6 Å². The third-order valence-electron chi connectivity index (χ3n) is 3.29. The zero-order valence-electron chi connectivity index (χ0n) is 11.2. The van der Waals surface area contributed by atoms with Crippen LogP contribution in [0.3, 0.4) is 0 Å². The highest BCUT2D eigenvalue weighted by molar-refractivity contribution is 5.82. The van der Waals surface area contributed by atoms with E-state index in [1.807, 2.05) is 43.3 Å². The molecule has 2 nitrogen and oxygen atoms in total. The first kappa shape index (κ1) is 12.6. The fourth-order valence-corrected chi connectivity index (χ4v) is 2.22. The summed E-state index contributed by atoms with van der Waals surface area (Å²) < 4.78 is 13.7. The van der Waals surface area contributed by atoms with Crippen LogP contribution in [0.1, 0.15) is 11.1 Å². The number of hydrogen-bond acceptors (Lipinski definition) is 2. The molecule has 3 heteroatoms. The molecule has 0 radical (unpaired) electrons. The number of nitrogens with one attached hydrogen (secondary N) is 1. The van der Waals surface area contributed by atoms with Crippen LogP contribution in [0.15, 0.2) is 54.7 Å². The molecule has 3 rings (SSSR count). The number of rotatable bonds is 3. The van der Waals surface area contributed by atoms with E-state index in [1.54, 1.807) is 12.3 Å². The van der Waals surface area contributed by atoms with E-state index in [0.29, 0.717) is 12.1 Å². The first-order valence-corrected chi connectivity index (χ1v) is 6.56. The van der Waals surface area contributed by atoms with Gasteiger partial charge in [-0.15, -0.1) is 0 Å². The van der Waals surface area contributed by atoms with Crippen molar-refractivity contribution in [2.75, 3.05) is 5.32 Å². The first-order chi connectivity index (χ1) is 9.72. The number of aryl methyl sites for hydroxylation is 1. The number of aromatic nitrogens is 1. The summed E-state index contributed by atoms with van der Waals surface area (Å²) >= 11 is 0. The molecule has 20 heavy (non-hydrogen) atoms. The Balaban J connectivity index is 1.81. The van der Waals surface area contributed by atoms with Crippen LogP contribution in [0.25, 0.3) is 10.9 Å². The van der Waals surface area contributed by atoms with Crippen LogP contribution in [-0.2, 0) is 6.54 Å². The van der Waals surface area contributed by atoms with Gasteiger partial charge in [0, 0.05) is 29.4 Å². The molecule has 0 fully saturated rings. The lowest BCUT2D eigenvalue weighted by molar-refractivity contribution is 0.612. The van der Waals surface area contributed by atoms with Crippen LogP contribution >= 0.6 is 0 Å². The maximum Gasteiger partial charge on any atom is 0.128 e. The number of hydrogen-bond donors (Lipinski definition) is 1. The van der Waals surface area contributed by atoms with Crippen molar-refractivity contribution in [3.05, 3.63) is 71.7 Å². The molecule has 0 unspecified atom stereocenters. The Labute approximate surface area is 117 Å². The highest BCUT2D eigenvalue weighted by atomic mass is 19.1. The molecular formula is C17H15FN2. The predicted molar refractivity (Wildman–Crippen MR) is 80.2 cm³/mol. The van der Waals surface area contributed by atoms with Crippen LogP contribution in [-0.4, -0.2) is 4.98 Å². The zero-order valence-corrected chi connectivity index (χ0v) is 11.2. The molecular weight excluding hydrogens is 251 g/mol. The van der Waals surface area contributed by atoms with E-state index >= 15 is 0 Å². The zero-order chi connectivity index (χ0) is 13.9. The first-order valence-electron chi connectivity index (χ1n) is 6.56. The van der Waals surface area contributed by atoms with Crippen molar-refractivity contribution < 1.29 is 4.39 Å². The minimum Gasteiger partial charge on any atom is -0.381 e. The summed E-state index contributed by atoms with van der Waals surface area (Å²) in [6, 6.07) is 15.0. The summed E-state index contributed by atoms with van der Waals surface area (Å²) in [4.78, 5) is 4.28. The molecule has 0 aliphatic rings. The summed E-state index contributed by atoms with van der Waals surface area (Å²) in [6.07, 6.45) is 1.78. The molecule has 0 aliphatic heterocycles. The van der Waals surface area contributed by atoms with Gasteiger partial charge in [0.15, 0.2) is 0 Å². The minimum atomic E-state index is -0.175. The molecule has 0 aliphatic carbocycles. The van der Waals surface area contributed by atoms with Crippen LogP contribution < -0.4 is 5.32 Å². The molecule has 0 atom stereocenters. The molecule has 0 spiro atoms. The van der Waals surface area contributed by atoms with Crippen molar-refractivity contribution in [1.29, 1.82) is 0 Å². The molecule has 100 valence electrons. The maximum absolute atomic E-state index is 13.7. The molecule has 0 saturated carbocycles.